The van der Waals surface area contributed by atoms with Gasteiger partial charge in [0, 0.05) is 12.0 Å². The Balaban J connectivity index is 4.47. The molecule has 0 rings (SSSR count). The number of nitriles is 2. The highest BCUT2D eigenvalue weighted by Gasteiger charge is 2.40. The molecule has 43 heavy (non-hydrogen) atoms. The van der Waals surface area contributed by atoms with Crippen molar-refractivity contribution in [3.63, 3.8) is 0 Å². The van der Waals surface area contributed by atoms with Gasteiger partial charge in [-0.25, -0.2) is 0 Å². The molecule has 11 nitrogen and oxygen atoms in total. The Labute approximate surface area is 260 Å². The van der Waals surface area contributed by atoms with Crippen molar-refractivity contribution in [2.45, 2.75) is 130 Å². The van der Waals surface area contributed by atoms with Crippen molar-refractivity contribution in [2.24, 2.45) is 5.41 Å². The molecule has 11 heteroatoms. The molecule has 0 heterocycles. The maximum atomic E-state index is 9.98. The van der Waals surface area contributed by atoms with E-state index in [1.807, 2.05) is 26.0 Å². The lowest BCUT2D eigenvalue weighted by molar-refractivity contribution is -0.164. The lowest BCUT2D eigenvalue weighted by Gasteiger charge is -2.44. The van der Waals surface area contributed by atoms with Gasteiger partial charge in [-0.3, -0.25) is 0 Å². The SMILES string of the molecule is CCC(C)(CCOCC(O)COC(C)C#N)OCC(C)(C)C(C)(C)OCCC(C)(C)OCCOCC(O)COC(C)C#N. The third-order valence-corrected chi connectivity index (χ3v) is 7.88. The van der Waals surface area contributed by atoms with Crippen LogP contribution in [0.1, 0.15) is 88.5 Å². The molecule has 0 radical (unpaired) electrons. The monoisotopic (exact) mass is 616 g/mol. The van der Waals surface area contributed by atoms with Gasteiger partial charge in [-0.15, -0.1) is 0 Å². The second-order valence-electron chi connectivity index (χ2n) is 13.1. The van der Waals surface area contributed by atoms with Gasteiger partial charge in [0.05, 0.1) is 81.8 Å². The van der Waals surface area contributed by atoms with Crippen molar-refractivity contribution in [2.75, 3.05) is 59.5 Å². The maximum Gasteiger partial charge on any atom is 0.141 e. The summed E-state index contributed by atoms with van der Waals surface area (Å²) in [5, 5.41) is 37.3. The van der Waals surface area contributed by atoms with Gasteiger partial charge in [0.2, 0.25) is 0 Å². The van der Waals surface area contributed by atoms with Crippen LogP contribution in [0, 0.1) is 28.1 Å². The second kappa shape index (κ2) is 20.6. The van der Waals surface area contributed by atoms with Crippen LogP contribution in [0.25, 0.3) is 0 Å². The molecular weight excluding hydrogens is 556 g/mol. The number of hydrogen-bond acceptors (Lipinski definition) is 11. The largest absolute Gasteiger partial charge is 0.388 e. The minimum Gasteiger partial charge on any atom is -0.388 e. The molecule has 0 amide bonds. The molecule has 0 bridgehead atoms. The number of nitrogens with zero attached hydrogens (tertiary/aromatic N) is 2. The zero-order chi connectivity index (χ0) is 33.2. The molecule has 0 saturated heterocycles. The maximum absolute atomic E-state index is 9.98. The molecule has 0 aliphatic rings. The van der Waals surface area contributed by atoms with E-state index in [0.29, 0.717) is 45.9 Å². The van der Waals surface area contributed by atoms with E-state index in [0.717, 1.165) is 6.42 Å². The molecule has 0 aromatic carbocycles. The fourth-order valence-electron chi connectivity index (χ4n) is 3.48. The first kappa shape index (κ1) is 41.6. The average Bonchev–Trinajstić information content (AvgIpc) is 2.95. The van der Waals surface area contributed by atoms with Crippen LogP contribution in [-0.2, 0) is 33.2 Å². The van der Waals surface area contributed by atoms with E-state index in [1.165, 1.54) is 0 Å². The first-order valence-corrected chi connectivity index (χ1v) is 15.4. The Morgan fingerprint density at radius 2 is 1.16 bits per heavy atom. The zero-order valence-corrected chi connectivity index (χ0v) is 28.4. The number of rotatable bonds is 26. The molecule has 5 atom stereocenters. The van der Waals surface area contributed by atoms with E-state index in [4.69, 9.17) is 43.7 Å². The van der Waals surface area contributed by atoms with Gasteiger partial charge in [0.15, 0.2) is 0 Å². The summed E-state index contributed by atoms with van der Waals surface area (Å²) in [6.45, 7) is 22.4. The zero-order valence-electron chi connectivity index (χ0n) is 28.4. The Hall–Kier alpha value is -1.38. The Kier molecular flexibility index (Phi) is 19.9. The number of hydrogen-bond donors (Lipinski definition) is 2. The van der Waals surface area contributed by atoms with Crippen molar-refractivity contribution < 1.29 is 43.4 Å². The third-order valence-electron chi connectivity index (χ3n) is 7.88. The summed E-state index contributed by atoms with van der Waals surface area (Å²) in [5.41, 5.74) is -1.56. The fraction of sp³-hybridized carbons (Fsp3) is 0.938. The van der Waals surface area contributed by atoms with Crippen LogP contribution < -0.4 is 0 Å². The number of aliphatic hydroxyl groups excluding tert-OH is 2. The summed E-state index contributed by atoms with van der Waals surface area (Å²) in [4.78, 5) is 0. The smallest absolute Gasteiger partial charge is 0.141 e. The summed E-state index contributed by atoms with van der Waals surface area (Å²) in [7, 11) is 0. The van der Waals surface area contributed by atoms with Gasteiger partial charge in [-0.1, -0.05) is 20.8 Å². The molecule has 0 aromatic heterocycles. The van der Waals surface area contributed by atoms with Crippen molar-refractivity contribution in [1.82, 2.24) is 0 Å². The fourth-order valence-corrected chi connectivity index (χ4v) is 3.48. The Morgan fingerprint density at radius 1 is 0.651 bits per heavy atom. The summed E-state index contributed by atoms with van der Waals surface area (Å²) in [6, 6.07) is 3.91. The highest BCUT2D eigenvalue weighted by atomic mass is 16.6. The van der Waals surface area contributed by atoms with Crippen LogP contribution in [0.3, 0.4) is 0 Å². The lowest BCUT2D eigenvalue weighted by Crippen LogP contribution is -2.47. The van der Waals surface area contributed by atoms with Gasteiger partial charge < -0.3 is 43.4 Å². The van der Waals surface area contributed by atoms with Crippen molar-refractivity contribution in [3.05, 3.63) is 0 Å². The third kappa shape index (κ3) is 18.9. The van der Waals surface area contributed by atoms with Gasteiger partial charge >= 0.3 is 0 Å². The van der Waals surface area contributed by atoms with Crippen molar-refractivity contribution in [3.8, 4) is 12.1 Å². The van der Waals surface area contributed by atoms with Gasteiger partial charge in [-0.05, 0) is 67.7 Å². The normalized spacial score (nSPS) is 17.0. The Bertz CT molecular complexity index is 825. The van der Waals surface area contributed by atoms with Crippen molar-refractivity contribution >= 4 is 0 Å². The summed E-state index contributed by atoms with van der Waals surface area (Å²) < 4.78 is 40.3. The summed E-state index contributed by atoms with van der Waals surface area (Å²) in [5.74, 6) is 0. The van der Waals surface area contributed by atoms with Crippen LogP contribution in [0.5, 0.6) is 0 Å². The topological polar surface area (TPSA) is 153 Å². The quantitative estimate of drug-likeness (QED) is 0.135. The predicted molar refractivity (Wildman–Crippen MR) is 163 cm³/mol. The minimum atomic E-state index is -0.791. The summed E-state index contributed by atoms with van der Waals surface area (Å²) in [6.07, 6.45) is -0.534. The van der Waals surface area contributed by atoms with Crippen LogP contribution in [-0.4, -0.2) is 111 Å². The standard InChI is InChI=1S/C32H60N2O9/c1-11-32(10,13-14-37-20-27(35)22-39-25(2)18-33)43-24-29(4,5)31(8,9)42-15-12-30(6,7)41-17-16-38-21-28(36)23-40-26(3)19-34/h25-28,35-36H,11-17,20-24H2,1-10H3. The first-order chi connectivity index (χ1) is 19.9. The van der Waals surface area contributed by atoms with Crippen LogP contribution >= 0.6 is 0 Å². The first-order valence-electron chi connectivity index (χ1n) is 15.4. The molecule has 0 aliphatic heterocycles. The molecule has 0 fully saturated rings. The van der Waals surface area contributed by atoms with Crippen LogP contribution in [0.4, 0.5) is 0 Å². The van der Waals surface area contributed by atoms with Gasteiger partial charge in [0.1, 0.15) is 24.4 Å². The average molecular weight is 617 g/mol. The molecular formula is C32H60N2O9. The van der Waals surface area contributed by atoms with E-state index >= 15 is 0 Å². The molecule has 0 aliphatic carbocycles. The lowest BCUT2D eigenvalue weighted by atomic mass is 9.77. The highest BCUT2D eigenvalue weighted by Crippen LogP contribution is 2.36. The van der Waals surface area contributed by atoms with E-state index in [1.54, 1.807) is 13.8 Å². The predicted octanol–water partition coefficient (Wildman–Crippen LogP) is 4.18. The minimum absolute atomic E-state index is 0.0497. The molecule has 0 spiro atoms. The van der Waals surface area contributed by atoms with Crippen molar-refractivity contribution in [1.29, 1.82) is 10.5 Å². The molecule has 0 aromatic rings. The van der Waals surface area contributed by atoms with E-state index in [9.17, 15) is 10.2 Å². The van der Waals surface area contributed by atoms with Gasteiger partial charge in [-0.2, -0.15) is 10.5 Å². The van der Waals surface area contributed by atoms with E-state index in [-0.39, 0.29) is 37.4 Å². The van der Waals surface area contributed by atoms with Gasteiger partial charge in [0.25, 0.3) is 0 Å². The second-order valence-corrected chi connectivity index (χ2v) is 13.1. The Morgan fingerprint density at radius 3 is 1.65 bits per heavy atom. The molecule has 5 unspecified atom stereocenters. The molecule has 0 saturated carbocycles. The van der Waals surface area contributed by atoms with E-state index < -0.39 is 35.6 Å². The highest BCUT2D eigenvalue weighted by molar-refractivity contribution is 4.89. The van der Waals surface area contributed by atoms with Crippen LogP contribution in [0.2, 0.25) is 0 Å². The van der Waals surface area contributed by atoms with E-state index in [2.05, 4.69) is 41.5 Å². The summed E-state index contributed by atoms with van der Waals surface area (Å²) >= 11 is 0. The molecule has 252 valence electrons. The van der Waals surface area contributed by atoms with Crippen LogP contribution in [0.15, 0.2) is 0 Å². The number of aliphatic hydroxyl groups is 2. The molecule has 2 N–H and O–H groups in total. The number of ether oxygens (including phenoxy) is 7.